The molecule has 0 saturated carbocycles. The number of pyridine rings is 1. The van der Waals surface area contributed by atoms with Gasteiger partial charge in [-0.15, -0.1) is 0 Å². The molecule has 20 heavy (non-hydrogen) atoms. The third-order valence-corrected chi connectivity index (χ3v) is 2.97. The van der Waals surface area contributed by atoms with E-state index >= 15 is 0 Å². The van der Waals surface area contributed by atoms with E-state index in [0.717, 1.165) is 22.2 Å². The van der Waals surface area contributed by atoms with Crippen LogP contribution in [0.4, 0.5) is 5.82 Å². The number of anilines is 1. The van der Waals surface area contributed by atoms with Gasteiger partial charge in [0.2, 0.25) is 0 Å². The monoisotopic (exact) mass is 333 g/mol. The van der Waals surface area contributed by atoms with Crippen LogP contribution in [0.3, 0.4) is 0 Å². The van der Waals surface area contributed by atoms with E-state index < -0.39 is 0 Å². The van der Waals surface area contributed by atoms with Crippen LogP contribution in [0.25, 0.3) is 0 Å². The first kappa shape index (κ1) is 14.5. The van der Waals surface area contributed by atoms with Crippen LogP contribution in [0.15, 0.2) is 52.2 Å². The first-order valence-corrected chi connectivity index (χ1v) is 7.21. The molecule has 0 saturated heterocycles. The lowest BCUT2D eigenvalue weighted by Gasteiger charge is -2.08. The highest BCUT2D eigenvalue weighted by atomic mass is 79.9. The Morgan fingerprint density at radius 2 is 2.25 bits per heavy atom. The summed E-state index contributed by atoms with van der Waals surface area (Å²) >= 11 is 3.45. The molecule has 0 fully saturated rings. The van der Waals surface area contributed by atoms with Gasteiger partial charge in [-0.05, 0) is 36.8 Å². The molecule has 4 nitrogen and oxygen atoms in total. The van der Waals surface area contributed by atoms with Gasteiger partial charge in [0.25, 0.3) is 0 Å². The topological polar surface area (TPSA) is 46.5 Å². The summed E-state index contributed by atoms with van der Waals surface area (Å²) in [7, 11) is 0. The molecule has 0 atom stereocenters. The van der Waals surface area contributed by atoms with E-state index in [1.807, 2.05) is 36.4 Å². The highest BCUT2D eigenvalue weighted by Crippen LogP contribution is 2.22. The van der Waals surface area contributed by atoms with Crippen LogP contribution in [0.1, 0.15) is 18.9 Å². The average molecular weight is 334 g/mol. The van der Waals surface area contributed by atoms with Crippen molar-refractivity contribution >= 4 is 28.0 Å². The molecule has 0 radical (unpaired) electrons. The fourth-order valence-electron chi connectivity index (χ4n) is 1.56. The quantitative estimate of drug-likeness (QED) is 0.640. The van der Waals surface area contributed by atoms with Crippen LogP contribution < -0.4 is 10.2 Å². The first-order chi connectivity index (χ1) is 9.79. The maximum atomic E-state index is 5.69. The molecule has 1 aromatic carbocycles. The summed E-state index contributed by atoms with van der Waals surface area (Å²) in [6.07, 6.45) is 4.41. The van der Waals surface area contributed by atoms with Crippen LogP contribution in [0.5, 0.6) is 5.75 Å². The second kappa shape index (κ2) is 7.65. The standard InChI is InChI=1S/C15H16BrN3O/c1-2-9-20-14-7-6-13(16)10-12(14)11-18-19-15-5-3-4-8-17-15/h3-8,10-11H,2,9H2,1H3,(H,17,19)/b18-11-. The molecule has 0 unspecified atom stereocenters. The van der Waals surface area contributed by atoms with Crippen molar-refractivity contribution in [3.8, 4) is 5.75 Å². The van der Waals surface area contributed by atoms with Gasteiger partial charge in [-0.3, -0.25) is 5.43 Å². The van der Waals surface area contributed by atoms with Crippen LogP contribution in [0, 0.1) is 0 Å². The van der Waals surface area contributed by atoms with Gasteiger partial charge in [0.05, 0.1) is 12.8 Å². The molecule has 2 aromatic rings. The molecule has 5 heteroatoms. The number of nitrogens with one attached hydrogen (secondary N) is 1. The highest BCUT2D eigenvalue weighted by molar-refractivity contribution is 9.10. The predicted molar refractivity (Wildman–Crippen MR) is 85.4 cm³/mol. The zero-order valence-corrected chi connectivity index (χ0v) is 12.8. The lowest BCUT2D eigenvalue weighted by atomic mass is 10.2. The van der Waals surface area contributed by atoms with Gasteiger partial charge in [0, 0.05) is 16.2 Å². The van der Waals surface area contributed by atoms with Crippen LogP contribution in [-0.4, -0.2) is 17.8 Å². The molecule has 0 spiro atoms. The lowest BCUT2D eigenvalue weighted by molar-refractivity contribution is 0.317. The highest BCUT2D eigenvalue weighted by Gasteiger charge is 2.02. The summed E-state index contributed by atoms with van der Waals surface area (Å²) < 4.78 is 6.68. The minimum atomic E-state index is 0.691. The summed E-state index contributed by atoms with van der Waals surface area (Å²) in [6.45, 7) is 2.77. The van der Waals surface area contributed by atoms with E-state index in [1.165, 1.54) is 0 Å². The number of halogens is 1. The Balaban J connectivity index is 2.09. The molecule has 0 amide bonds. The summed E-state index contributed by atoms with van der Waals surface area (Å²) in [4.78, 5) is 4.13. The van der Waals surface area contributed by atoms with Crippen molar-refractivity contribution < 1.29 is 4.74 Å². The van der Waals surface area contributed by atoms with Gasteiger partial charge in [0.15, 0.2) is 0 Å². The Morgan fingerprint density at radius 1 is 1.35 bits per heavy atom. The molecule has 0 aliphatic carbocycles. The van der Waals surface area contributed by atoms with Crippen LogP contribution in [-0.2, 0) is 0 Å². The summed E-state index contributed by atoms with van der Waals surface area (Å²) in [5.41, 5.74) is 3.80. The number of aromatic nitrogens is 1. The van der Waals surface area contributed by atoms with Gasteiger partial charge >= 0.3 is 0 Å². The van der Waals surface area contributed by atoms with E-state index in [4.69, 9.17) is 4.74 Å². The largest absolute Gasteiger partial charge is 0.493 e. The Hall–Kier alpha value is -1.88. The average Bonchev–Trinajstić information content (AvgIpc) is 2.47. The minimum absolute atomic E-state index is 0.691. The minimum Gasteiger partial charge on any atom is -0.493 e. The number of hydrogen-bond acceptors (Lipinski definition) is 4. The van der Waals surface area contributed by atoms with E-state index in [2.05, 4.69) is 38.4 Å². The number of hydrogen-bond donors (Lipinski definition) is 1. The van der Waals surface area contributed by atoms with Crippen molar-refractivity contribution in [1.82, 2.24) is 4.98 Å². The van der Waals surface area contributed by atoms with E-state index in [0.29, 0.717) is 12.4 Å². The molecular weight excluding hydrogens is 318 g/mol. The second-order valence-electron chi connectivity index (χ2n) is 4.12. The first-order valence-electron chi connectivity index (χ1n) is 6.42. The molecule has 1 aromatic heterocycles. The van der Waals surface area contributed by atoms with Crippen molar-refractivity contribution in [1.29, 1.82) is 0 Å². The third-order valence-electron chi connectivity index (χ3n) is 2.48. The van der Waals surface area contributed by atoms with Gasteiger partial charge < -0.3 is 4.74 Å². The lowest BCUT2D eigenvalue weighted by Crippen LogP contribution is -1.99. The Kier molecular flexibility index (Phi) is 5.55. The molecule has 0 aliphatic rings. The fraction of sp³-hybridized carbons (Fsp3) is 0.200. The third kappa shape index (κ3) is 4.35. The van der Waals surface area contributed by atoms with Crippen molar-refractivity contribution in [3.05, 3.63) is 52.6 Å². The van der Waals surface area contributed by atoms with E-state index in [1.54, 1.807) is 12.4 Å². The van der Waals surface area contributed by atoms with E-state index in [9.17, 15) is 0 Å². The molecule has 2 rings (SSSR count). The van der Waals surface area contributed by atoms with Crippen molar-refractivity contribution in [2.45, 2.75) is 13.3 Å². The number of benzene rings is 1. The molecule has 1 heterocycles. The number of ether oxygens (including phenoxy) is 1. The molecule has 1 N–H and O–H groups in total. The SMILES string of the molecule is CCCOc1ccc(Br)cc1/C=N\Nc1ccccn1. The van der Waals surface area contributed by atoms with Crippen molar-refractivity contribution in [3.63, 3.8) is 0 Å². The molecule has 0 aliphatic heterocycles. The van der Waals surface area contributed by atoms with Crippen LogP contribution in [0.2, 0.25) is 0 Å². The smallest absolute Gasteiger partial charge is 0.146 e. The van der Waals surface area contributed by atoms with Gasteiger partial charge in [-0.25, -0.2) is 4.98 Å². The summed E-state index contributed by atoms with van der Waals surface area (Å²) in [6, 6.07) is 11.5. The predicted octanol–water partition coefficient (Wildman–Crippen LogP) is 4.08. The van der Waals surface area contributed by atoms with E-state index in [-0.39, 0.29) is 0 Å². The molecular formula is C15H16BrN3O. The number of nitrogens with zero attached hydrogens (tertiary/aromatic N) is 2. The molecule has 104 valence electrons. The number of hydrazone groups is 1. The maximum absolute atomic E-state index is 5.69. The number of rotatable bonds is 6. The van der Waals surface area contributed by atoms with Gasteiger partial charge in [-0.1, -0.05) is 28.9 Å². The Labute approximate surface area is 127 Å². The summed E-state index contributed by atoms with van der Waals surface area (Å²) in [5, 5.41) is 4.18. The zero-order valence-electron chi connectivity index (χ0n) is 11.2. The fourth-order valence-corrected chi connectivity index (χ4v) is 1.94. The van der Waals surface area contributed by atoms with Crippen molar-refractivity contribution in [2.75, 3.05) is 12.0 Å². The molecule has 0 bridgehead atoms. The maximum Gasteiger partial charge on any atom is 0.146 e. The van der Waals surface area contributed by atoms with Crippen LogP contribution >= 0.6 is 15.9 Å². The van der Waals surface area contributed by atoms with Crippen molar-refractivity contribution in [2.24, 2.45) is 5.10 Å². The zero-order chi connectivity index (χ0) is 14.2. The van der Waals surface area contributed by atoms with Gasteiger partial charge in [-0.2, -0.15) is 5.10 Å². The Morgan fingerprint density at radius 3 is 3.00 bits per heavy atom. The normalized spacial score (nSPS) is 10.7. The Bertz CT molecular complexity index is 573. The second-order valence-corrected chi connectivity index (χ2v) is 5.03. The van der Waals surface area contributed by atoms with Gasteiger partial charge in [0.1, 0.15) is 11.6 Å². The summed E-state index contributed by atoms with van der Waals surface area (Å²) in [5.74, 6) is 1.52.